The summed E-state index contributed by atoms with van der Waals surface area (Å²) in [5.74, 6) is -1.66. The first-order chi connectivity index (χ1) is 12.0. The van der Waals surface area contributed by atoms with Crippen LogP contribution in [0.25, 0.3) is 0 Å². The summed E-state index contributed by atoms with van der Waals surface area (Å²) in [5.41, 5.74) is 0.345. The molecule has 0 aromatic heterocycles. The van der Waals surface area contributed by atoms with E-state index in [4.69, 9.17) is 4.74 Å². The number of thioether (sulfide) groups is 1. The maximum atomic E-state index is 12.8. The number of amides is 2. The van der Waals surface area contributed by atoms with Gasteiger partial charge in [0.05, 0.1) is 6.42 Å². The van der Waals surface area contributed by atoms with E-state index in [-0.39, 0.29) is 12.2 Å². The molecular weight excluding hydrogens is 345 g/mol. The van der Waals surface area contributed by atoms with Gasteiger partial charge in [-0.3, -0.25) is 19.7 Å². The molecule has 0 saturated carbocycles. The second kappa shape index (κ2) is 9.58. The number of carbonyl (C=O) groups is 3. The molecule has 2 rings (SSSR count). The summed E-state index contributed by atoms with van der Waals surface area (Å²) in [5, 5.41) is 2.14. The fraction of sp³-hybridized carbons (Fsp3) is 0.167. The summed E-state index contributed by atoms with van der Waals surface area (Å²) in [4.78, 5) is 35.8. The predicted molar refractivity (Wildman–Crippen MR) is 91.6 cm³/mol. The van der Waals surface area contributed by atoms with Gasteiger partial charge in [-0.05, 0) is 36.4 Å². The minimum absolute atomic E-state index is 0.0992. The van der Waals surface area contributed by atoms with E-state index in [9.17, 15) is 18.8 Å². The standard InChI is InChI=1S/C18H16FNO4S/c19-14-6-8-15(9-7-14)25-11-10-17(22)24-12-16(21)20-18(23)13-4-2-1-3-5-13/h1-9H,10-12H2,(H,20,21,23). The number of benzene rings is 2. The Kier molecular flexibility index (Phi) is 7.16. The zero-order valence-electron chi connectivity index (χ0n) is 13.2. The molecule has 0 fully saturated rings. The number of hydrogen-bond donors (Lipinski definition) is 1. The quantitative estimate of drug-likeness (QED) is 0.606. The fourth-order valence-corrected chi connectivity index (χ4v) is 2.66. The van der Waals surface area contributed by atoms with Crippen LogP contribution in [0.2, 0.25) is 0 Å². The second-order valence-corrected chi connectivity index (χ2v) is 6.12. The molecule has 0 aliphatic heterocycles. The van der Waals surface area contributed by atoms with Crippen molar-refractivity contribution < 1.29 is 23.5 Å². The highest BCUT2D eigenvalue weighted by molar-refractivity contribution is 7.99. The Labute approximate surface area is 148 Å². The molecule has 0 heterocycles. The van der Waals surface area contributed by atoms with Gasteiger partial charge in [0.25, 0.3) is 11.8 Å². The topological polar surface area (TPSA) is 72.5 Å². The van der Waals surface area contributed by atoms with Crippen molar-refractivity contribution in [2.45, 2.75) is 11.3 Å². The average Bonchev–Trinajstić information content (AvgIpc) is 2.62. The van der Waals surface area contributed by atoms with Crippen LogP contribution in [0, 0.1) is 5.82 Å². The first kappa shape index (κ1) is 18.7. The number of carbonyl (C=O) groups excluding carboxylic acids is 3. The monoisotopic (exact) mass is 361 g/mol. The summed E-state index contributed by atoms with van der Waals surface area (Å²) in [7, 11) is 0. The smallest absolute Gasteiger partial charge is 0.307 e. The number of esters is 1. The van der Waals surface area contributed by atoms with Gasteiger partial charge < -0.3 is 4.74 Å². The van der Waals surface area contributed by atoms with Crippen LogP contribution < -0.4 is 5.32 Å². The van der Waals surface area contributed by atoms with Crippen molar-refractivity contribution in [1.29, 1.82) is 0 Å². The van der Waals surface area contributed by atoms with Crippen molar-refractivity contribution >= 4 is 29.5 Å². The average molecular weight is 361 g/mol. The van der Waals surface area contributed by atoms with Gasteiger partial charge in [0, 0.05) is 16.2 Å². The molecule has 2 aromatic carbocycles. The van der Waals surface area contributed by atoms with Gasteiger partial charge in [-0.25, -0.2) is 4.39 Å². The van der Waals surface area contributed by atoms with E-state index in [1.165, 1.54) is 23.9 Å². The summed E-state index contributed by atoms with van der Waals surface area (Å²) >= 11 is 1.38. The maximum Gasteiger partial charge on any atom is 0.307 e. The van der Waals surface area contributed by atoms with Gasteiger partial charge in [0.1, 0.15) is 5.82 Å². The zero-order chi connectivity index (χ0) is 18.1. The van der Waals surface area contributed by atoms with E-state index in [0.29, 0.717) is 11.3 Å². The largest absolute Gasteiger partial charge is 0.456 e. The van der Waals surface area contributed by atoms with Crippen LogP contribution in [-0.4, -0.2) is 30.1 Å². The third kappa shape index (κ3) is 6.76. The second-order valence-electron chi connectivity index (χ2n) is 4.96. The van der Waals surface area contributed by atoms with E-state index in [1.807, 2.05) is 0 Å². The molecule has 25 heavy (non-hydrogen) atoms. The molecule has 0 radical (unpaired) electrons. The molecule has 0 spiro atoms. The third-order valence-electron chi connectivity index (χ3n) is 3.04. The third-order valence-corrected chi connectivity index (χ3v) is 4.06. The number of nitrogens with one attached hydrogen (secondary N) is 1. The van der Waals surface area contributed by atoms with E-state index in [2.05, 4.69) is 5.32 Å². The van der Waals surface area contributed by atoms with Crippen molar-refractivity contribution in [1.82, 2.24) is 5.32 Å². The zero-order valence-corrected chi connectivity index (χ0v) is 14.1. The molecule has 2 aromatic rings. The Hall–Kier alpha value is -2.67. The Morgan fingerprint density at radius 3 is 2.36 bits per heavy atom. The molecule has 0 saturated heterocycles. The van der Waals surface area contributed by atoms with Gasteiger partial charge in [-0.1, -0.05) is 18.2 Å². The van der Waals surface area contributed by atoms with Gasteiger partial charge >= 0.3 is 5.97 Å². The van der Waals surface area contributed by atoms with Crippen molar-refractivity contribution in [3.63, 3.8) is 0 Å². The molecule has 0 bridgehead atoms. The number of rotatable bonds is 7. The van der Waals surface area contributed by atoms with Crippen molar-refractivity contribution in [2.24, 2.45) is 0 Å². The normalized spacial score (nSPS) is 10.1. The highest BCUT2D eigenvalue weighted by atomic mass is 32.2. The van der Waals surface area contributed by atoms with Gasteiger partial charge in [-0.2, -0.15) is 0 Å². The van der Waals surface area contributed by atoms with Gasteiger partial charge in [0.15, 0.2) is 6.61 Å². The number of hydrogen-bond acceptors (Lipinski definition) is 5. The van der Waals surface area contributed by atoms with Gasteiger partial charge in [-0.15, -0.1) is 11.8 Å². The van der Waals surface area contributed by atoms with E-state index >= 15 is 0 Å². The molecule has 7 heteroatoms. The first-order valence-electron chi connectivity index (χ1n) is 7.48. The maximum absolute atomic E-state index is 12.8. The molecular formula is C18H16FNO4S. The highest BCUT2D eigenvalue weighted by Gasteiger charge is 2.12. The highest BCUT2D eigenvalue weighted by Crippen LogP contribution is 2.18. The van der Waals surface area contributed by atoms with Crippen LogP contribution >= 0.6 is 11.8 Å². The van der Waals surface area contributed by atoms with Crippen molar-refractivity contribution in [3.8, 4) is 0 Å². The molecule has 0 aliphatic rings. The molecule has 0 aliphatic carbocycles. The molecule has 5 nitrogen and oxygen atoms in total. The Balaban J connectivity index is 1.64. The van der Waals surface area contributed by atoms with Crippen LogP contribution in [0.1, 0.15) is 16.8 Å². The number of imide groups is 1. The molecule has 130 valence electrons. The van der Waals surface area contributed by atoms with Crippen LogP contribution in [-0.2, 0) is 14.3 Å². The predicted octanol–water partition coefficient (Wildman–Crippen LogP) is 2.81. The van der Waals surface area contributed by atoms with Crippen LogP contribution in [0.5, 0.6) is 0 Å². The molecule has 0 atom stereocenters. The summed E-state index contributed by atoms with van der Waals surface area (Å²) < 4.78 is 17.6. The lowest BCUT2D eigenvalue weighted by atomic mass is 10.2. The van der Waals surface area contributed by atoms with Crippen LogP contribution in [0.3, 0.4) is 0 Å². The lowest BCUT2D eigenvalue weighted by Crippen LogP contribution is -2.34. The van der Waals surface area contributed by atoms with Crippen molar-refractivity contribution in [2.75, 3.05) is 12.4 Å². The minimum Gasteiger partial charge on any atom is -0.456 e. The fourth-order valence-electron chi connectivity index (χ4n) is 1.83. The SMILES string of the molecule is O=C(COC(=O)CCSc1ccc(F)cc1)NC(=O)c1ccccc1. The Morgan fingerprint density at radius 1 is 1.00 bits per heavy atom. The van der Waals surface area contributed by atoms with Gasteiger partial charge in [0.2, 0.25) is 0 Å². The van der Waals surface area contributed by atoms with Crippen molar-refractivity contribution in [3.05, 3.63) is 66.0 Å². The van der Waals surface area contributed by atoms with E-state index in [0.717, 1.165) is 4.90 Å². The first-order valence-corrected chi connectivity index (χ1v) is 8.46. The summed E-state index contributed by atoms with van der Waals surface area (Å²) in [6.45, 7) is -0.515. The summed E-state index contributed by atoms with van der Waals surface area (Å²) in [6.07, 6.45) is 0.0992. The van der Waals surface area contributed by atoms with Crippen LogP contribution in [0.15, 0.2) is 59.5 Å². The lowest BCUT2D eigenvalue weighted by Gasteiger charge is -2.06. The van der Waals surface area contributed by atoms with E-state index < -0.39 is 24.4 Å². The minimum atomic E-state index is -0.687. The Morgan fingerprint density at radius 2 is 1.68 bits per heavy atom. The van der Waals surface area contributed by atoms with E-state index in [1.54, 1.807) is 42.5 Å². The summed E-state index contributed by atoms with van der Waals surface area (Å²) in [6, 6.07) is 14.2. The number of ether oxygens (including phenoxy) is 1. The Bertz CT molecular complexity index is 735. The molecule has 0 unspecified atom stereocenters. The lowest BCUT2D eigenvalue weighted by molar-refractivity contribution is -0.147. The molecule has 2 amide bonds. The molecule has 1 N–H and O–H groups in total. The number of halogens is 1. The van der Waals surface area contributed by atoms with Crippen LogP contribution in [0.4, 0.5) is 4.39 Å².